The molecule has 0 bridgehead atoms. The molecule has 2 atom stereocenters. The molecule has 0 radical (unpaired) electrons. The zero-order chi connectivity index (χ0) is 16.9. The number of nitrogens with zero attached hydrogens (tertiary/aromatic N) is 2. The summed E-state index contributed by atoms with van der Waals surface area (Å²) in [7, 11) is 0. The van der Waals surface area contributed by atoms with Crippen molar-refractivity contribution in [2.24, 2.45) is 0 Å². The highest BCUT2D eigenvalue weighted by molar-refractivity contribution is 7.90. The van der Waals surface area contributed by atoms with E-state index in [9.17, 15) is 4.55 Å². The molecular weight excluding hydrogens is 306 g/mol. The van der Waals surface area contributed by atoms with Gasteiger partial charge in [0.15, 0.2) is 0 Å². The van der Waals surface area contributed by atoms with Crippen LogP contribution < -0.4 is 4.72 Å². The van der Waals surface area contributed by atoms with E-state index >= 15 is 0 Å². The predicted octanol–water partition coefficient (Wildman–Crippen LogP) is 3.36. The predicted molar refractivity (Wildman–Crippen MR) is 97.7 cm³/mol. The maximum Gasteiger partial charge on any atom is 0.136 e. The van der Waals surface area contributed by atoms with Crippen molar-refractivity contribution in [2.75, 3.05) is 19.6 Å². The minimum atomic E-state index is -1.09. The number of aromatic nitrogens is 1. The van der Waals surface area contributed by atoms with Crippen LogP contribution in [0.2, 0.25) is 0 Å². The zero-order valence-electron chi connectivity index (χ0n) is 15.0. The Kier molecular flexibility index (Phi) is 6.89. The second kappa shape index (κ2) is 8.47. The van der Waals surface area contributed by atoms with Crippen LogP contribution in [0.3, 0.4) is 0 Å². The van der Waals surface area contributed by atoms with Gasteiger partial charge in [-0.1, -0.05) is 12.5 Å². The van der Waals surface area contributed by atoms with Crippen LogP contribution in [0.1, 0.15) is 63.8 Å². The van der Waals surface area contributed by atoms with Gasteiger partial charge in [0.05, 0.1) is 11.7 Å². The molecule has 0 spiro atoms. The third-order valence-corrected chi connectivity index (χ3v) is 5.89. The normalized spacial score (nSPS) is 19.5. The molecule has 1 aliphatic rings. The summed E-state index contributed by atoms with van der Waals surface area (Å²) in [6.07, 6.45) is 6.79. The van der Waals surface area contributed by atoms with E-state index in [1.165, 1.54) is 32.4 Å². The van der Waals surface area contributed by atoms with Gasteiger partial charge in [-0.25, -0.2) is 0 Å². The van der Waals surface area contributed by atoms with Crippen molar-refractivity contribution < 1.29 is 4.55 Å². The Morgan fingerprint density at radius 3 is 2.52 bits per heavy atom. The van der Waals surface area contributed by atoms with Gasteiger partial charge >= 0.3 is 0 Å². The third kappa shape index (κ3) is 6.07. The Bertz CT molecular complexity index is 466. The molecule has 0 saturated carbocycles. The van der Waals surface area contributed by atoms with Crippen molar-refractivity contribution in [3.05, 3.63) is 29.6 Å². The van der Waals surface area contributed by atoms with E-state index in [1.807, 2.05) is 33.9 Å². The van der Waals surface area contributed by atoms with Crippen LogP contribution >= 0.6 is 0 Å². The fourth-order valence-electron chi connectivity index (χ4n) is 2.75. The van der Waals surface area contributed by atoms with E-state index in [1.54, 1.807) is 0 Å². The van der Waals surface area contributed by atoms with Crippen LogP contribution in [0.4, 0.5) is 0 Å². The number of rotatable bonds is 6. The Morgan fingerprint density at radius 1 is 1.26 bits per heavy atom. The van der Waals surface area contributed by atoms with E-state index in [4.69, 9.17) is 0 Å². The summed E-state index contributed by atoms with van der Waals surface area (Å²) < 4.78 is 15.6. The average Bonchev–Trinajstić information content (AvgIpc) is 2.52. The summed E-state index contributed by atoms with van der Waals surface area (Å²) in [5.41, 5.74) is 2.14. The smallest absolute Gasteiger partial charge is 0.136 e. The summed E-state index contributed by atoms with van der Waals surface area (Å²) in [4.78, 5) is 7.08. The van der Waals surface area contributed by atoms with Crippen molar-refractivity contribution in [3.63, 3.8) is 0 Å². The van der Waals surface area contributed by atoms with Crippen molar-refractivity contribution in [3.8, 4) is 0 Å². The minimum absolute atomic E-state index is 0.0394. The van der Waals surface area contributed by atoms with E-state index in [0.717, 1.165) is 24.2 Å². The maximum atomic E-state index is 12.5. The van der Waals surface area contributed by atoms with E-state index in [-0.39, 0.29) is 10.8 Å². The van der Waals surface area contributed by atoms with Crippen molar-refractivity contribution >= 4 is 11.4 Å². The number of piperidine rings is 1. The molecule has 4 nitrogen and oxygen atoms in total. The first-order valence-corrected chi connectivity index (χ1v) is 9.84. The Labute approximate surface area is 144 Å². The molecule has 1 saturated heterocycles. The van der Waals surface area contributed by atoms with Gasteiger partial charge in [0.1, 0.15) is 4.75 Å². The van der Waals surface area contributed by atoms with Crippen molar-refractivity contribution in [1.29, 1.82) is 0 Å². The molecule has 1 aromatic rings. The molecule has 0 aromatic carbocycles. The molecule has 0 amide bonds. The van der Waals surface area contributed by atoms with Crippen LogP contribution in [0, 0.1) is 6.92 Å². The lowest BCUT2D eigenvalue weighted by atomic mass is 10.1. The summed E-state index contributed by atoms with van der Waals surface area (Å²) >= 11 is -1.09. The first-order valence-electron chi connectivity index (χ1n) is 8.69. The number of aryl methyl sites for hydroxylation is 1. The third-order valence-electron chi connectivity index (χ3n) is 4.28. The highest BCUT2D eigenvalue weighted by Crippen LogP contribution is 2.22. The molecule has 2 heterocycles. The standard InChI is InChI=1S/C18H31N3OS/c1-15-8-9-16(19-14-15)17(20-23(22)18(2,3)4)10-13-21-11-6-5-7-12-21/h8-9,14,17,20H,5-7,10-13H2,1-4H3. The van der Waals surface area contributed by atoms with Crippen LogP contribution in [0.5, 0.6) is 0 Å². The first kappa shape index (κ1) is 18.7. The topological polar surface area (TPSA) is 51.2 Å². The maximum absolute atomic E-state index is 12.5. The number of hydrogen-bond acceptors (Lipinski definition) is 4. The van der Waals surface area contributed by atoms with E-state index < -0.39 is 11.4 Å². The van der Waals surface area contributed by atoms with Gasteiger partial charge in [0, 0.05) is 24.1 Å². The van der Waals surface area contributed by atoms with Gasteiger partial charge in [-0.05, 0) is 71.7 Å². The molecule has 1 aromatic heterocycles. The Balaban J connectivity index is 2.02. The van der Waals surface area contributed by atoms with E-state index in [2.05, 4.69) is 26.7 Å². The van der Waals surface area contributed by atoms with Gasteiger partial charge in [0.2, 0.25) is 0 Å². The van der Waals surface area contributed by atoms with Crippen LogP contribution in [-0.2, 0) is 11.4 Å². The lowest BCUT2D eigenvalue weighted by Crippen LogP contribution is -2.42. The highest BCUT2D eigenvalue weighted by Gasteiger charge is 2.30. The van der Waals surface area contributed by atoms with Crippen LogP contribution in [0.25, 0.3) is 0 Å². The molecule has 23 heavy (non-hydrogen) atoms. The number of likely N-dealkylation sites (tertiary alicyclic amines) is 1. The highest BCUT2D eigenvalue weighted by atomic mass is 32.2. The monoisotopic (exact) mass is 337 g/mol. The number of pyridine rings is 1. The number of nitrogens with one attached hydrogen (secondary N) is 1. The molecule has 0 aliphatic carbocycles. The van der Waals surface area contributed by atoms with E-state index in [0.29, 0.717) is 0 Å². The SMILES string of the molecule is Cc1ccc(C(CCN2CCCCC2)N[S+]([O-])C(C)(C)C)nc1. The van der Waals surface area contributed by atoms with Gasteiger partial charge in [-0.2, -0.15) is 0 Å². The summed E-state index contributed by atoms with van der Waals surface area (Å²) in [6, 6.07) is 4.18. The fourth-order valence-corrected chi connectivity index (χ4v) is 3.60. The molecule has 1 aliphatic heterocycles. The molecule has 130 valence electrons. The van der Waals surface area contributed by atoms with Gasteiger partial charge in [-0.15, -0.1) is 4.72 Å². The quantitative estimate of drug-likeness (QED) is 0.809. The van der Waals surface area contributed by atoms with Gasteiger partial charge < -0.3 is 9.45 Å². The average molecular weight is 338 g/mol. The lowest BCUT2D eigenvalue weighted by Gasteiger charge is -2.30. The Morgan fingerprint density at radius 2 is 1.96 bits per heavy atom. The molecular formula is C18H31N3OS. The minimum Gasteiger partial charge on any atom is -0.598 e. The molecule has 2 unspecified atom stereocenters. The molecule has 2 rings (SSSR count). The zero-order valence-corrected chi connectivity index (χ0v) is 15.8. The van der Waals surface area contributed by atoms with Gasteiger partial charge in [-0.3, -0.25) is 4.98 Å². The Hall–Kier alpha value is -0.620. The molecule has 5 heteroatoms. The van der Waals surface area contributed by atoms with Crippen LogP contribution in [0.15, 0.2) is 18.3 Å². The summed E-state index contributed by atoms with van der Waals surface area (Å²) in [5, 5.41) is 0. The lowest BCUT2D eigenvalue weighted by molar-refractivity contribution is 0.219. The fraction of sp³-hybridized carbons (Fsp3) is 0.722. The number of hydrogen-bond donors (Lipinski definition) is 1. The van der Waals surface area contributed by atoms with Crippen molar-refractivity contribution in [2.45, 2.75) is 64.2 Å². The second-order valence-corrected chi connectivity index (χ2v) is 9.50. The summed E-state index contributed by atoms with van der Waals surface area (Å²) in [6.45, 7) is 11.5. The summed E-state index contributed by atoms with van der Waals surface area (Å²) in [5.74, 6) is 0. The largest absolute Gasteiger partial charge is 0.598 e. The molecule has 1 N–H and O–H groups in total. The second-order valence-electron chi connectivity index (χ2n) is 7.50. The van der Waals surface area contributed by atoms with Gasteiger partial charge in [0.25, 0.3) is 0 Å². The van der Waals surface area contributed by atoms with Crippen molar-refractivity contribution in [1.82, 2.24) is 14.6 Å². The first-order chi connectivity index (χ1) is 10.9. The van der Waals surface area contributed by atoms with Crippen LogP contribution in [-0.4, -0.2) is 38.8 Å². The molecule has 1 fully saturated rings.